The lowest BCUT2D eigenvalue weighted by Gasteiger charge is -2.35. The maximum Gasteiger partial charge on any atom is 0.249 e. The number of benzene rings is 3. The van der Waals surface area contributed by atoms with E-state index in [2.05, 4.69) is 15.6 Å². The Morgan fingerprint density at radius 2 is 1.71 bits per heavy atom. The molecule has 3 aromatic carbocycles. The second-order valence-electron chi connectivity index (χ2n) is 9.62. The van der Waals surface area contributed by atoms with Crippen LogP contribution in [0.15, 0.2) is 72.8 Å². The van der Waals surface area contributed by atoms with Gasteiger partial charge in [-0.1, -0.05) is 48.5 Å². The summed E-state index contributed by atoms with van der Waals surface area (Å²) in [5.74, 6) is -0.206. The van der Waals surface area contributed by atoms with Crippen LogP contribution in [0.5, 0.6) is 11.5 Å². The number of hydrogen-bond donors (Lipinski definition) is 2. The number of aromatic hydroxyl groups is 1. The standard InChI is InChI=1S/C29H33N5O4/c1-5-29(3,4)30-28(37)27(20-15-17-21(35)18-16-20)34(24-13-9-10-14-25(24)38-6-2)26(36)19-33-23-12-8-7-11-22(23)31-32-33/h7-18,27,35H,5-6,19H2,1-4H3,(H,30,37)/t27-/m1/s1. The smallest absolute Gasteiger partial charge is 0.249 e. The van der Waals surface area contributed by atoms with Gasteiger partial charge in [0.1, 0.15) is 29.6 Å². The fourth-order valence-corrected chi connectivity index (χ4v) is 4.15. The van der Waals surface area contributed by atoms with Gasteiger partial charge >= 0.3 is 0 Å². The van der Waals surface area contributed by atoms with E-state index in [4.69, 9.17) is 4.74 Å². The fraction of sp³-hybridized carbons (Fsp3) is 0.310. The van der Waals surface area contributed by atoms with E-state index in [0.29, 0.717) is 41.1 Å². The van der Waals surface area contributed by atoms with Crippen molar-refractivity contribution in [3.05, 3.63) is 78.4 Å². The van der Waals surface area contributed by atoms with Crippen molar-refractivity contribution in [3.63, 3.8) is 0 Å². The molecule has 198 valence electrons. The average molecular weight is 516 g/mol. The largest absolute Gasteiger partial charge is 0.508 e. The van der Waals surface area contributed by atoms with E-state index in [0.717, 1.165) is 0 Å². The number of rotatable bonds is 10. The SMILES string of the molecule is CCOc1ccccc1N(C(=O)Cn1nnc2ccccc21)[C@@H](C(=O)NC(C)(C)CC)c1ccc(O)cc1. The number of para-hydroxylation sites is 3. The van der Waals surface area contributed by atoms with Gasteiger partial charge in [-0.25, -0.2) is 4.68 Å². The van der Waals surface area contributed by atoms with Crippen LogP contribution in [-0.2, 0) is 16.1 Å². The molecule has 2 N–H and O–H groups in total. The molecule has 1 heterocycles. The van der Waals surface area contributed by atoms with Crippen LogP contribution in [0, 0.1) is 0 Å². The highest BCUT2D eigenvalue weighted by molar-refractivity contribution is 6.02. The Labute approximate surface area is 222 Å². The summed E-state index contributed by atoms with van der Waals surface area (Å²) in [5, 5.41) is 21.4. The minimum atomic E-state index is -1.05. The fourth-order valence-electron chi connectivity index (χ4n) is 4.15. The topological polar surface area (TPSA) is 110 Å². The van der Waals surface area contributed by atoms with Crippen molar-refractivity contribution < 1.29 is 19.4 Å². The number of fused-ring (bicyclic) bond motifs is 1. The number of nitrogens with zero attached hydrogens (tertiary/aromatic N) is 4. The van der Waals surface area contributed by atoms with Crippen molar-refractivity contribution in [1.29, 1.82) is 0 Å². The lowest BCUT2D eigenvalue weighted by molar-refractivity contribution is -0.128. The van der Waals surface area contributed by atoms with Crippen LogP contribution in [0.25, 0.3) is 11.0 Å². The summed E-state index contributed by atoms with van der Waals surface area (Å²) in [4.78, 5) is 29.6. The van der Waals surface area contributed by atoms with Crippen molar-refractivity contribution in [1.82, 2.24) is 20.3 Å². The molecule has 1 aromatic heterocycles. The van der Waals surface area contributed by atoms with E-state index >= 15 is 0 Å². The van der Waals surface area contributed by atoms with Crippen molar-refractivity contribution in [2.75, 3.05) is 11.5 Å². The summed E-state index contributed by atoms with van der Waals surface area (Å²) >= 11 is 0. The Kier molecular flexibility index (Phi) is 7.95. The van der Waals surface area contributed by atoms with Crippen molar-refractivity contribution in [3.8, 4) is 11.5 Å². The molecule has 38 heavy (non-hydrogen) atoms. The van der Waals surface area contributed by atoms with Gasteiger partial charge in [-0.05, 0) is 69.2 Å². The molecule has 0 aliphatic heterocycles. The van der Waals surface area contributed by atoms with E-state index in [1.54, 1.807) is 30.3 Å². The van der Waals surface area contributed by atoms with Gasteiger partial charge in [0.25, 0.3) is 0 Å². The maximum atomic E-state index is 14.2. The van der Waals surface area contributed by atoms with Gasteiger partial charge in [-0.15, -0.1) is 5.10 Å². The molecule has 9 heteroatoms. The Morgan fingerprint density at radius 3 is 2.42 bits per heavy atom. The molecule has 9 nitrogen and oxygen atoms in total. The first-order valence-electron chi connectivity index (χ1n) is 12.7. The molecule has 4 rings (SSSR count). The molecule has 2 amide bonds. The van der Waals surface area contributed by atoms with E-state index in [9.17, 15) is 14.7 Å². The number of aromatic nitrogens is 3. The van der Waals surface area contributed by atoms with Crippen LogP contribution in [0.1, 0.15) is 45.7 Å². The third kappa shape index (κ3) is 5.77. The normalized spacial score (nSPS) is 12.2. The molecular formula is C29H33N5O4. The van der Waals surface area contributed by atoms with Crippen molar-refractivity contribution in [2.24, 2.45) is 0 Å². The molecular weight excluding hydrogens is 482 g/mol. The van der Waals surface area contributed by atoms with E-state index in [-0.39, 0.29) is 24.1 Å². The lowest BCUT2D eigenvalue weighted by atomic mass is 9.98. The van der Waals surface area contributed by atoms with Crippen LogP contribution < -0.4 is 15.0 Å². The molecule has 4 aromatic rings. The van der Waals surface area contributed by atoms with E-state index < -0.39 is 11.6 Å². The van der Waals surface area contributed by atoms with Gasteiger partial charge in [0.2, 0.25) is 11.8 Å². The average Bonchev–Trinajstić information content (AvgIpc) is 3.31. The molecule has 0 spiro atoms. The summed E-state index contributed by atoms with van der Waals surface area (Å²) in [6, 6.07) is 19.8. The number of phenols is 1. The van der Waals surface area contributed by atoms with Gasteiger partial charge in [0.05, 0.1) is 17.8 Å². The molecule has 0 aliphatic rings. The molecule has 1 atom stereocenters. The molecule has 0 aliphatic carbocycles. The van der Waals surface area contributed by atoms with Crippen LogP contribution in [-0.4, -0.2) is 44.1 Å². The molecule has 0 radical (unpaired) electrons. The predicted octanol–water partition coefficient (Wildman–Crippen LogP) is 4.61. The molecule has 0 saturated heterocycles. The Hall–Kier alpha value is -4.40. The highest BCUT2D eigenvalue weighted by Crippen LogP contribution is 2.36. The number of anilines is 1. The number of phenolic OH excluding ortho intramolecular Hbond substituents is 1. The number of ether oxygens (including phenoxy) is 1. The molecule has 0 fully saturated rings. The lowest BCUT2D eigenvalue weighted by Crippen LogP contribution is -2.51. The highest BCUT2D eigenvalue weighted by Gasteiger charge is 2.36. The van der Waals surface area contributed by atoms with Gasteiger partial charge in [0.15, 0.2) is 0 Å². The van der Waals surface area contributed by atoms with Gasteiger partial charge in [-0.2, -0.15) is 0 Å². The number of carbonyl (C=O) groups is 2. The van der Waals surface area contributed by atoms with E-state index in [1.807, 2.05) is 58.0 Å². The Morgan fingerprint density at radius 1 is 1.03 bits per heavy atom. The van der Waals surface area contributed by atoms with Crippen LogP contribution >= 0.6 is 0 Å². The second kappa shape index (κ2) is 11.3. The third-order valence-corrected chi connectivity index (χ3v) is 6.46. The third-order valence-electron chi connectivity index (χ3n) is 6.46. The van der Waals surface area contributed by atoms with Crippen LogP contribution in [0.3, 0.4) is 0 Å². The molecule has 0 saturated carbocycles. The van der Waals surface area contributed by atoms with E-state index in [1.165, 1.54) is 21.7 Å². The number of amides is 2. The zero-order chi connectivity index (χ0) is 27.3. The predicted molar refractivity (Wildman–Crippen MR) is 146 cm³/mol. The zero-order valence-corrected chi connectivity index (χ0v) is 22.1. The van der Waals surface area contributed by atoms with Crippen LogP contribution in [0.2, 0.25) is 0 Å². The van der Waals surface area contributed by atoms with Gasteiger partial charge in [-0.3, -0.25) is 14.5 Å². The number of carbonyl (C=O) groups excluding carboxylic acids is 2. The van der Waals surface area contributed by atoms with Gasteiger partial charge in [0, 0.05) is 5.54 Å². The van der Waals surface area contributed by atoms with Gasteiger partial charge < -0.3 is 15.2 Å². The quantitative estimate of drug-likeness (QED) is 0.319. The second-order valence-corrected chi connectivity index (χ2v) is 9.62. The number of hydrogen-bond acceptors (Lipinski definition) is 6. The summed E-state index contributed by atoms with van der Waals surface area (Å²) in [7, 11) is 0. The maximum absolute atomic E-state index is 14.2. The number of nitrogens with one attached hydrogen (secondary N) is 1. The van der Waals surface area contributed by atoms with Crippen molar-refractivity contribution in [2.45, 2.75) is 52.2 Å². The summed E-state index contributed by atoms with van der Waals surface area (Å²) < 4.78 is 7.40. The summed E-state index contributed by atoms with van der Waals surface area (Å²) in [6.07, 6.45) is 0.690. The Balaban J connectivity index is 1.86. The first-order valence-corrected chi connectivity index (χ1v) is 12.7. The Bertz CT molecular complexity index is 1410. The zero-order valence-electron chi connectivity index (χ0n) is 22.1. The molecule has 0 bridgehead atoms. The summed E-state index contributed by atoms with van der Waals surface area (Å²) in [5.41, 5.74) is 1.85. The monoisotopic (exact) mass is 515 g/mol. The summed E-state index contributed by atoms with van der Waals surface area (Å²) in [6.45, 7) is 7.93. The minimum Gasteiger partial charge on any atom is -0.508 e. The first-order chi connectivity index (χ1) is 18.2. The minimum absolute atomic E-state index is 0.0588. The first kappa shape index (κ1) is 26.7. The van der Waals surface area contributed by atoms with Crippen molar-refractivity contribution >= 4 is 28.5 Å². The van der Waals surface area contributed by atoms with Crippen LogP contribution in [0.4, 0.5) is 5.69 Å². The molecule has 0 unspecified atom stereocenters. The highest BCUT2D eigenvalue weighted by atomic mass is 16.5.